The van der Waals surface area contributed by atoms with Gasteiger partial charge in [-0.2, -0.15) is 0 Å². The van der Waals surface area contributed by atoms with E-state index in [0.717, 1.165) is 19.3 Å². The van der Waals surface area contributed by atoms with Gasteiger partial charge in [-0.15, -0.1) is 0 Å². The maximum atomic E-state index is 12.9. The van der Waals surface area contributed by atoms with E-state index >= 15 is 0 Å². The fraction of sp³-hybridized carbons (Fsp3) is 0.263. The van der Waals surface area contributed by atoms with Gasteiger partial charge in [0.1, 0.15) is 11.6 Å². The van der Waals surface area contributed by atoms with E-state index in [0.29, 0.717) is 5.56 Å². The molecule has 1 unspecified atom stereocenters. The zero-order chi connectivity index (χ0) is 17.8. The van der Waals surface area contributed by atoms with E-state index in [2.05, 4.69) is 5.32 Å². The van der Waals surface area contributed by atoms with E-state index in [4.69, 9.17) is 4.74 Å². The van der Waals surface area contributed by atoms with Crippen LogP contribution in [0.1, 0.15) is 27.9 Å². The molecule has 2 N–H and O–H groups in total. The van der Waals surface area contributed by atoms with Gasteiger partial charge in [0, 0.05) is 5.56 Å². The van der Waals surface area contributed by atoms with Gasteiger partial charge in [0.15, 0.2) is 0 Å². The van der Waals surface area contributed by atoms with Crippen molar-refractivity contribution >= 4 is 11.9 Å². The topological polar surface area (TPSA) is 75.6 Å². The van der Waals surface area contributed by atoms with Crippen LogP contribution in [0.25, 0.3) is 0 Å². The maximum absolute atomic E-state index is 12.9. The number of aliphatic carboxylic acids is 1. The molecule has 2 aromatic carbocycles. The Bertz CT molecular complexity index is 789. The lowest BCUT2D eigenvalue weighted by atomic mass is 10.1. The Balaban J connectivity index is 1.62. The number of hydrogen-bond acceptors (Lipinski definition) is 3. The number of carbonyl (C=O) groups excluding carboxylic acids is 1. The van der Waals surface area contributed by atoms with Crippen LogP contribution < -0.4 is 10.1 Å². The van der Waals surface area contributed by atoms with Crippen LogP contribution in [-0.2, 0) is 17.6 Å². The number of aryl methyl sites for hydroxylation is 2. The third-order valence-electron chi connectivity index (χ3n) is 4.18. The second-order valence-electron chi connectivity index (χ2n) is 5.95. The first-order valence-corrected chi connectivity index (χ1v) is 8.08. The van der Waals surface area contributed by atoms with E-state index < -0.39 is 17.9 Å². The minimum atomic E-state index is -1.26. The van der Waals surface area contributed by atoms with Crippen molar-refractivity contribution in [3.63, 3.8) is 0 Å². The Hall–Kier alpha value is -2.89. The van der Waals surface area contributed by atoms with Gasteiger partial charge < -0.3 is 15.2 Å². The van der Waals surface area contributed by atoms with Crippen molar-refractivity contribution in [1.29, 1.82) is 0 Å². The molecule has 1 aliphatic rings. The van der Waals surface area contributed by atoms with E-state index in [1.165, 1.54) is 35.4 Å². The predicted molar refractivity (Wildman–Crippen MR) is 89.3 cm³/mol. The van der Waals surface area contributed by atoms with Gasteiger partial charge >= 0.3 is 5.97 Å². The third kappa shape index (κ3) is 4.15. The molecule has 0 fully saturated rings. The summed E-state index contributed by atoms with van der Waals surface area (Å²) in [6, 6.07) is 10.6. The molecule has 0 spiro atoms. The minimum Gasteiger partial charge on any atom is -0.478 e. The number of halogens is 1. The highest BCUT2D eigenvalue weighted by Gasteiger charge is 2.21. The van der Waals surface area contributed by atoms with Crippen LogP contribution in [0.2, 0.25) is 0 Å². The summed E-state index contributed by atoms with van der Waals surface area (Å²) < 4.78 is 18.2. The van der Waals surface area contributed by atoms with Gasteiger partial charge in [-0.25, -0.2) is 9.18 Å². The summed E-state index contributed by atoms with van der Waals surface area (Å²) in [6.07, 6.45) is 1.82. The SMILES string of the molecule is O=C(NCC(Oc1ccc(F)cc1)C(=O)O)c1ccc2c(c1)CCC2. The van der Waals surface area contributed by atoms with Crippen molar-refractivity contribution in [2.24, 2.45) is 0 Å². The van der Waals surface area contributed by atoms with Gasteiger partial charge in [0.2, 0.25) is 6.10 Å². The van der Waals surface area contributed by atoms with Crippen molar-refractivity contribution in [2.75, 3.05) is 6.54 Å². The Morgan fingerprint density at radius 2 is 1.84 bits per heavy atom. The summed E-state index contributed by atoms with van der Waals surface area (Å²) in [4.78, 5) is 23.6. The fourth-order valence-electron chi connectivity index (χ4n) is 2.86. The molecule has 3 rings (SSSR count). The van der Waals surface area contributed by atoms with Crippen LogP contribution >= 0.6 is 0 Å². The molecule has 1 atom stereocenters. The van der Waals surface area contributed by atoms with Crippen molar-refractivity contribution in [3.8, 4) is 5.75 Å². The van der Waals surface area contributed by atoms with Gasteiger partial charge in [0.25, 0.3) is 5.91 Å². The number of carboxylic acids is 1. The lowest BCUT2D eigenvalue weighted by Crippen LogP contribution is -2.40. The molecule has 0 saturated heterocycles. The summed E-state index contributed by atoms with van der Waals surface area (Å²) in [7, 11) is 0. The number of hydrogen-bond donors (Lipinski definition) is 2. The molecule has 0 aromatic heterocycles. The molecule has 0 saturated carbocycles. The molecule has 0 heterocycles. The number of ether oxygens (including phenoxy) is 1. The molecular formula is C19H18FNO4. The molecule has 1 amide bonds. The van der Waals surface area contributed by atoms with Crippen LogP contribution in [0.5, 0.6) is 5.75 Å². The second kappa shape index (κ2) is 7.34. The Labute approximate surface area is 144 Å². The maximum Gasteiger partial charge on any atom is 0.346 e. The quantitative estimate of drug-likeness (QED) is 0.845. The van der Waals surface area contributed by atoms with Crippen molar-refractivity contribution in [3.05, 3.63) is 65.0 Å². The zero-order valence-corrected chi connectivity index (χ0v) is 13.5. The summed E-state index contributed by atoms with van der Waals surface area (Å²) in [5, 5.41) is 11.8. The molecule has 25 heavy (non-hydrogen) atoms. The molecule has 2 aromatic rings. The molecule has 0 aliphatic heterocycles. The van der Waals surface area contributed by atoms with E-state index in [1.807, 2.05) is 12.1 Å². The molecule has 1 aliphatic carbocycles. The number of fused-ring (bicyclic) bond motifs is 1. The highest BCUT2D eigenvalue weighted by Crippen LogP contribution is 2.22. The smallest absolute Gasteiger partial charge is 0.346 e. The van der Waals surface area contributed by atoms with E-state index in [1.54, 1.807) is 6.07 Å². The predicted octanol–water partition coefficient (Wildman–Crippen LogP) is 2.58. The Morgan fingerprint density at radius 1 is 1.12 bits per heavy atom. The lowest BCUT2D eigenvalue weighted by Gasteiger charge is -2.16. The number of amides is 1. The third-order valence-corrected chi connectivity index (χ3v) is 4.18. The van der Waals surface area contributed by atoms with Crippen LogP contribution in [0, 0.1) is 5.82 Å². The fourth-order valence-corrected chi connectivity index (χ4v) is 2.86. The first-order chi connectivity index (χ1) is 12.0. The van der Waals surface area contributed by atoms with Gasteiger partial charge in [0.05, 0.1) is 6.54 Å². The first kappa shape index (κ1) is 17.0. The number of nitrogens with one attached hydrogen (secondary N) is 1. The van der Waals surface area contributed by atoms with Crippen LogP contribution in [0.4, 0.5) is 4.39 Å². The highest BCUT2D eigenvalue weighted by molar-refractivity contribution is 5.94. The van der Waals surface area contributed by atoms with Crippen molar-refractivity contribution < 1.29 is 23.8 Å². The van der Waals surface area contributed by atoms with E-state index in [9.17, 15) is 19.1 Å². The monoisotopic (exact) mass is 343 g/mol. The summed E-state index contributed by atoms with van der Waals surface area (Å²) in [6.45, 7) is -0.192. The number of rotatable bonds is 6. The van der Waals surface area contributed by atoms with Crippen LogP contribution in [0.3, 0.4) is 0 Å². The summed E-state index contributed by atoms with van der Waals surface area (Å²) in [5.41, 5.74) is 2.94. The number of carbonyl (C=O) groups is 2. The van der Waals surface area contributed by atoms with E-state index in [-0.39, 0.29) is 18.2 Å². The van der Waals surface area contributed by atoms with Gasteiger partial charge in [-0.1, -0.05) is 6.07 Å². The molecule has 6 heteroatoms. The van der Waals surface area contributed by atoms with Gasteiger partial charge in [-0.3, -0.25) is 4.79 Å². The Kier molecular flexibility index (Phi) is 4.97. The molecule has 0 radical (unpaired) electrons. The number of carboxylic acid groups (broad SMARTS) is 1. The summed E-state index contributed by atoms with van der Waals surface area (Å²) >= 11 is 0. The zero-order valence-electron chi connectivity index (χ0n) is 13.5. The average molecular weight is 343 g/mol. The van der Waals surface area contributed by atoms with Crippen LogP contribution in [0.15, 0.2) is 42.5 Å². The lowest BCUT2D eigenvalue weighted by molar-refractivity contribution is -0.144. The summed E-state index contributed by atoms with van der Waals surface area (Å²) in [5.74, 6) is -1.77. The molecule has 130 valence electrons. The standard InChI is InChI=1S/C19H18FNO4/c20-15-6-8-16(9-7-15)25-17(19(23)24)11-21-18(22)14-5-4-12-2-1-3-13(12)10-14/h4-10,17H,1-3,11H2,(H,21,22)(H,23,24). The molecule has 5 nitrogen and oxygen atoms in total. The normalized spacial score (nSPS) is 13.8. The van der Waals surface area contributed by atoms with Gasteiger partial charge in [-0.05, 0) is 66.8 Å². The molecular weight excluding hydrogens is 325 g/mol. The Morgan fingerprint density at radius 3 is 2.56 bits per heavy atom. The van der Waals surface area contributed by atoms with Crippen LogP contribution in [-0.4, -0.2) is 29.6 Å². The first-order valence-electron chi connectivity index (χ1n) is 8.08. The largest absolute Gasteiger partial charge is 0.478 e. The van der Waals surface area contributed by atoms with Crippen molar-refractivity contribution in [1.82, 2.24) is 5.32 Å². The van der Waals surface area contributed by atoms with Crippen molar-refractivity contribution in [2.45, 2.75) is 25.4 Å². The second-order valence-corrected chi connectivity index (χ2v) is 5.95. The number of benzene rings is 2. The molecule has 0 bridgehead atoms. The average Bonchev–Trinajstić information content (AvgIpc) is 3.07. The minimum absolute atomic E-state index is 0.192. The highest BCUT2D eigenvalue weighted by atomic mass is 19.1.